The maximum absolute atomic E-state index is 12.6. The Kier molecular flexibility index (Phi) is 4.40. The lowest BCUT2D eigenvalue weighted by Gasteiger charge is -2.35. The van der Waals surface area contributed by atoms with Crippen LogP contribution < -0.4 is 4.90 Å². The molecule has 1 amide bonds. The molecule has 5 heteroatoms. The highest BCUT2D eigenvalue weighted by Gasteiger charge is 2.22. The molecule has 1 saturated heterocycles. The van der Waals surface area contributed by atoms with Gasteiger partial charge in [-0.2, -0.15) is 0 Å². The molecule has 126 valence electrons. The Labute approximate surface area is 155 Å². The molecular weight excluding hydrogens is 378 g/mol. The Bertz CT molecular complexity index is 902. The summed E-state index contributed by atoms with van der Waals surface area (Å²) in [4.78, 5) is 21.5. The fourth-order valence-electron chi connectivity index (χ4n) is 3.15. The zero-order valence-electron chi connectivity index (χ0n) is 13.7. The molecule has 1 aromatic heterocycles. The van der Waals surface area contributed by atoms with Gasteiger partial charge >= 0.3 is 0 Å². The minimum absolute atomic E-state index is 0.0959. The highest BCUT2D eigenvalue weighted by atomic mass is 79.9. The molecule has 1 aliphatic rings. The summed E-state index contributed by atoms with van der Waals surface area (Å²) in [5.74, 6) is 1.08. The quantitative estimate of drug-likeness (QED) is 0.658. The molecule has 25 heavy (non-hydrogen) atoms. The number of nitrogens with zero attached hydrogens (tertiary/aromatic N) is 3. The number of aromatic nitrogens is 1. The third kappa shape index (κ3) is 3.37. The Balaban J connectivity index is 1.45. The average Bonchev–Trinajstić information content (AvgIpc) is 2.68. The standard InChI is InChI=1S/C20H18BrN3O/c21-17-8-5-16(6-9-17)20(25)24-13-11-23(12-14-24)19-10-7-15-3-1-2-4-18(15)22-19/h1-10H,11-14H2. The molecule has 0 unspecified atom stereocenters. The Morgan fingerprint density at radius 2 is 1.60 bits per heavy atom. The van der Waals surface area contributed by atoms with Crippen LogP contribution in [0.4, 0.5) is 5.82 Å². The number of hydrogen-bond acceptors (Lipinski definition) is 3. The number of fused-ring (bicyclic) bond motifs is 1. The molecule has 4 rings (SSSR count). The largest absolute Gasteiger partial charge is 0.353 e. The number of hydrogen-bond donors (Lipinski definition) is 0. The molecule has 0 atom stereocenters. The third-order valence-electron chi connectivity index (χ3n) is 4.57. The van der Waals surface area contributed by atoms with Crippen LogP contribution in [0.5, 0.6) is 0 Å². The molecule has 1 aliphatic heterocycles. The molecule has 0 saturated carbocycles. The van der Waals surface area contributed by atoms with Crippen LogP contribution in [0.1, 0.15) is 10.4 Å². The van der Waals surface area contributed by atoms with Crippen molar-refractivity contribution in [1.82, 2.24) is 9.88 Å². The van der Waals surface area contributed by atoms with Gasteiger partial charge in [-0.1, -0.05) is 34.1 Å². The highest BCUT2D eigenvalue weighted by molar-refractivity contribution is 9.10. The van der Waals surface area contributed by atoms with E-state index < -0.39 is 0 Å². The second kappa shape index (κ2) is 6.84. The molecule has 3 aromatic rings. The molecule has 0 aliphatic carbocycles. The topological polar surface area (TPSA) is 36.4 Å². The normalized spacial score (nSPS) is 14.8. The van der Waals surface area contributed by atoms with E-state index in [0.29, 0.717) is 13.1 Å². The summed E-state index contributed by atoms with van der Waals surface area (Å²) in [7, 11) is 0. The lowest BCUT2D eigenvalue weighted by atomic mass is 10.2. The zero-order valence-corrected chi connectivity index (χ0v) is 15.3. The van der Waals surface area contributed by atoms with Crippen molar-refractivity contribution < 1.29 is 4.79 Å². The number of piperazine rings is 1. The molecule has 0 N–H and O–H groups in total. The van der Waals surface area contributed by atoms with E-state index in [1.807, 2.05) is 47.4 Å². The summed E-state index contributed by atoms with van der Waals surface area (Å²) >= 11 is 3.40. The number of anilines is 1. The zero-order chi connectivity index (χ0) is 17.2. The molecule has 2 heterocycles. The molecule has 4 nitrogen and oxygen atoms in total. The first-order valence-corrected chi connectivity index (χ1v) is 9.15. The van der Waals surface area contributed by atoms with Gasteiger partial charge in [-0.05, 0) is 42.5 Å². The van der Waals surface area contributed by atoms with Crippen molar-refractivity contribution in [2.45, 2.75) is 0 Å². The van der Waals surface area contributed by atoms with Crippen LogP contribution in [0.3, 0.4) is 0 Å². The first kappa shape index (κ1) is 16.1. The van der Waals surface area contributed by atoms with Gasteiger partial charge in [0.25, 0.3) is 5.91 Å². The van der Waals surface area contributed by atoms with E-state index >= 15 is 0 Å². The van der Waals surface area contributed by atoms with E-state index in [2.05, 4.69) is 39.0 Å². The fourth-order valence-corrected chi connectivity index (χ4v) is 3.41. The first-order valence-electron chi connectivity index (χ1n) is 8.36. The highest BCUT2D eigenvalue weighted by Crippen LogP contribution is 2.20. The fraction of sp³-hybridized carbons (Fsp3) is 0.200. The van der Waals surface area contributed by atoms with Crippen LogP contribution >= 0.6 is 15.9 Å². The first-order chi connectivity index (χ1) is 12.2. The molecular formula is C20H18BrN3O. The summed E-state index contributed by atoms with van der Waals surface area (Å²) in [6, 6.07) is 19.8. The van der Waals surface area contributed by atoms with Crippen LogP contribution in [-0.2, 0) is 0 Å². The lowest BCUT2D eigenvalue weighted by Crippen LogP contribution is -2.49. The van der Waals surface area contributed by atoms with Gasteiger partial charge in [-0.15, -0.1) is 0 Å². The van der Waals surface area contributed by atoms with Crippen molar-refractivity contribution in [3.05, 3.63) is 70.7 Å². The maximum atomic E-state index is 12.6. The number of carbonyl (C=O) groups excluding carboxylic acids is 1. The summed E-state index contributed by atoms with van der Waals surface area (Å²) in [5.41, 5.74) is 1.74. The number of pyridine rings is 1. The van der Waals surface area contributed by atoms with E-state index in [0.717, 1.165) is 39.8 Å². The molecule has 1 fully saturated rings. The Morgan fingerprint density at radius 3 is 2.36 bits per heavy atom. The lowest BCUT2D eigenvalue weighted by molar-refractivity contribution is 0.0746. The van der Waals surface area contributed by atoms with Gasteiger partial charge in [-0.3, -0.25) is 4.79 Å². The van der Waals surface area contributed by atoms with Crippen molar-refractivity contribution in [1.29, 1.82) is 0 Å². The van der Waals surface area contributed by atoms with Crippen molar-refractivity contribution in [2.24, 2.45) is 0 Å². The second-order valence-electron chi connectivity index (χ2n) is 6.15. The van der Waals surface area contributed by atoms with Gasteiger partial charge in [0, 0.05) is 41.6 Å². The number of para-hydroxylation sites is 1. The number of benzene rings is 2. The van der Waals surface area contributed by atoms with Crippen molar-refractivity contribution in [2.75, 3.05) is 31.1 Å². The molecule has 0 radical (unpaired) electrons. The van der Waals surface area contributed by atoms with Crippen molar-refractivity contribution in [3.8, 4) is 0 Å². The molecule has 0 bridgehead atoms. The van der Waals surface area contributed by atoms with Crippen LogP contribution in [0.2, 0.25) is 0 Å². The van der Waals surface area contributed by atoms with Gasteiger partial charge in [0.15, 0.2) is 0 Å². The maximum Gasteiger partial charge on any atom is 0.253 e. The van der Waals surface area contributed by atoms with E-state index in [1.165, 1.54) is 0 Å². The van der Waals surface area contributed by atoms with Crippen LogP contribution in [0.15, 0.2) is 65.1 Å². The number of amides is 1. The van der Waals surface area contributed by atoms with Gasteiger partial charge in [0.05, 0.1) is 5.52 Å². The second-order valence-corrected chi connectivity index (χ2v) is 7.06. The Hall–Kier alpha value is -2.40. The Morgan fingerprint density at radius 1 is 0.880 bits per heavy atom. The molecule has 2 aromatic carbocycles. The van der Waals surface area contributed by atoms with Gasteiger partial charge < -0.3 is 9.80 Å². The van der Waals surface area contributed by atoms with Gasteiger partial charge in [0.1, 0.15) is 5.82 Å². The smallest absolute Gasteiger partial charge is 0.253 e. The summed E-state index contributed by atoms with van der Waals surface area (Å²) < 4.78 is 0.983. The monoisotopic (exact) mass is 395 g/mol. The number of halogens is 1. The van der Waals surface area contributed by atoms with E-state index in [9.17, 15) is 4.79 Å². The summed E-state index contributed by atoms with van der Waals surface area (Å²) in [5, 5.41) is 1.15. The minimum Gasteiger partial charge on any atom is -0.353 e. The van der Waals surface area contributed by atoms with Gasteiger partial charge in [-0.25, -0.2) is 4.98 Å². The number of rotatable bonds is 2. The minimum atomic E-state index is 0.0959. The van der Waals surface area contributed by atoms with E-state index in [1.54, 1.807) is 0 Å². The third-order valence-corrected chi connectivity index (χ3v) is 5.09. The van der Waals surface area contributed by atoms with Gasteiger partial charge in [0.2, 0.25) is 0 Å². The molecule has 0 spiro atoms. The SMILES string of the molecule is O=C(c1ccc(Br)cc1)N1CCN(c2ccc3ccccc3n2)CC1. The average molecular weight is 396 g/mol. The predicted molar refractivity (Wildman–Crippen MR) is 104 cm³/mol. The van der Waals surface area contributed by atoms with E-state index in [-0.39, 0.29) is 5.91 Å². The summed E-state index contributed by atoms with van der Waals surface area (Å²) in [6.45, 7) is 3.02. The summed E-state index contributed by atoms with van der Waals surface area (Å²) in [6.07, 6.45) is 0. The van der Waals surface area contributed by atoms with Crippen molar-refractivity contribution in [3.63, 3.8) is 0 Å². The number of carbonyl (C=O) groups is 1. The van der Waals surface area contributed by atoms with Crippen LogP contribution in [-0.4, -0.2) is 42.0 Å². The van der Waals surface area contributed by atoms with Crippen LogP contribution in [0.25, 0.3) is 10.9 Å². The van der Waals surface area contributed by atoms with E-state index in [4.69, 9.17) is 4.98 Å². The van der Waals surface area contributed by atoms with Crippen molar-refractivity contribution >= 4 is 38.6 Å². The predicted octanol–water partition coefficient (Wildman–Crippen LogP) is 3.96. The van der Waals surface area contributed by atoms with Crippen LogP contribution in [0, 0.1) is 0 Å².